The van der Waals surface area contributed by atoms with E-state index in [4.69, 9.17) is 0 Å². The lowest BCUT2D eigenvalue weighted by atomic mass is 10.1. The number of pyridine rings is 1. The van der Waals surface area contributed by atoms with Crippen LogP contribution in [0.25, 0.3) is 20.4 Å². The zero-order chi connectivity index (χ0) is 15.0. The maximum atomic E-state index is 12.0. The molecule has 0 aromatic carbocycles. The second kappa shape index (κ2) is 5.41. The fourth-order valence-corrected chi connectivity index (χ4v) is 3.36. The molecule has 0 aliphatic rings. The smallest absolute Gasteiger partial charge is 0.268 e. The lowest BCUT2D eigenvalue weighted by Crippen LogP contribution is -2.07. The molecule has 108 valence electrons. The van der Waals surface area contributed by atoms with Crippen LogP contribution in [0.1, 0.15) is 31.8 Å². The minimum atomic E-state index is -0.0772. The van der Waals surface area contributed by atoms with Crippen LogP contribution in [-0.2, 0) is 6.42 Å². The molecule has 0 unspecified atom stereocenters. The van der Waals surface area contributed by atoms with Gasteiger partial charge in [0.25, 0.3) is 5.56 Å². The molecule has 4 nitrogen and oxygen atoms in total. The molecular weight excluding hydrogens is 282 g/mol. The van der Waals surface area contributed by atoms with E-state index in [1.807, 2.05) is 12.1 Å². The Morgan fingerprint density at radius 2 is 2.14 bits per heavy atom. The molecule has 0 saturated carbocycles. The maximum absolute atomic E-state index is 12.0. The number of thiophene rings is 1. The zero-order valence-corrected chi connectivity index (χ0v) is 13.2. The number of allylic oxidation sites excluding steroid dienone is 2. The van der Waals surface area contributed by atoms with E-state index in [1.54, 1.807) is 6.92 Å². The predicted molar refractivity (Wildman–Crippen MR) is 88.0 cm³/mol. The first-order valence-electron chi connectivity index (χ1n) is 6.97. The van der Waals surface area contributed by atoms with Crippen molar-refractivity contribution in [1.82, 2.24) is 15.0 Å². The third-order valence-electron chi connectivity index (χ3n) is 3.32. The van der Waals surface area contributed by atoms with Crippen molar-refractivity contribution in [3.63, 3.8) is 0 Å². The van der Waals surface area contributed by atoms with Crippen LogP contribution >= 0.6 is 11.3 Å². The Hall–Kier alpha value is -2.01. The fourth-order valence-electron chi connectivity index (χ4n) is 2.33. The first-order valence-corrected chi connectivity index (χ1v) is 7.78. The second-order valence-corrected chi connectivity index (χ2v) is 6.41. The van der Waals surface area contributed by atoms with Crippen LogP contribution in [0.4, 0.5) is 0 Å². The highest BCUT2D eigenvalue weighted by molar-refractivity contribution is 7.25. The molecule has 3 rings (SSSR count). The number of rotatable bonds is 3. The van der Waals surface area contributed by atoms with Gasteiger partial charge in [-0.2, -0.15) is 0 Å². The summed E-state index contributed by atoms with van der Waals surface area (Å²) in [5.74, 6) is 0.639. The van der Waals surface area contributed by atoms with Crippen molar-refractivity contribution >= 4 is 31.8 Å². The van der Waals surface area contributed by atoms with Crippen LogP contribution < -0.4 is 5.56 Å². The van der Waals surface area contributed by atoms with Crippen LogP contribution in [0.15, 0.2) is 28.6 Å². The highest BCUT2D eigenvalue weighted by Crippen LogP contribution is 2.29. The van der Waals surface area contributed by atoms with Crippen LogP contribution in [0.5, 0.6) is 0 Å². The van der Waals surface area contributed by atoms with Gasteiger partial charge in [0.2, 0.25) is 0 Å². The zero-order valence-electron chi connectivity index (χ0n) is 12.4. The molecular formula is C16H17N3OS. The SMILES string of the molecule is CC(C)=CCCc1ccc2c(n1)sc1c(=O)[nH]c(C)nc12. The molecule has 0 aliphatic carbocycles. The summed E-state index contributed by atoms with van der Waals surface area (Å²) in [5, 5.41) is 0.968. The predicted octanol–water partition coefficient (Wildman–Crippen LogP) is 3.74. The van der Waals surface area contributed by atoms with Crippen LogP contribution in [0, 0.1) is 6.92 Å². The second-order valence-electron chi connectivity index (χ2n) is 5.41. The molecule has 0 fully saturated rings. The van der Waals surface area contributed by atoms with E-state index < -0.39 is 0 Å². The first kappa shape index (κ1) is 13.9. The van der Waals surface area contributed by atoms with Gasteiger partial charge in [-0.05, 0) is 45.7 Å². The summed E-state index contributed by atoms with van der Waals surface area (Å²) < 4.78 is 0.657. The molecule has 0 bridgehead atoms. The molecule has 3 aromatic heterocycles. The van der Waals surface area contributed by atoms with Gasteiger partial charge in [-0.3, -0.25) is 4.79 Å². The number of aromatic nitrogens is 3. The van der Waals surface area contributed by atoms with Gasteiger partial charge < -0.3 is 4.98 Å². The number of hydrogen-bond donors (Lipinski definition) is 1. The van der Waals surface area contributed by atoms with Crippen molar-refractivity contribution in [2.45, 2.75) is 33.6 Å². The van der Waals surface area contributed by atoms with Gasteiger partial charge in [0.1, 0.15) is 15.4 Å². The number of aryl methyl sites for hydroxylation is 2. The molecule has 5 heteroatoms. The molecule has 0 saturated heterocycles. The van der Waals surface area contributed by atoms with E-state index in [2.05, 4.69) is 34.9 Å². The summed E-state index contributed by atoms with van der Waals surface area (Å²) in [6.07, 6.45) is 4.12. The Labute approximate surface area is 126 Å². The van der Waals surface area contributed by atoms with Gasteiger partial charge in [0, 0.05) is 11.1 Å². The molecule has 0 aliphatic heterocycles. The Morgan fingerprint density at radius 3 is 2.90 bits per heavy atom. The largest absolute Gasteiger partial charge is 0.310 e. The topological polar surface area (TPSA) is 58.6 Å². The van der Waals surface area contributed by atoms with Gasteiger partial charge in [0.05, 0.1) is 5.52 Å². The molecule has 1 N–H and O–H groups in total. The molecule has 0 spiro atoms. The van der Waals surface area contributed by atoms with E-state index in [1.165, 1.54) is 16.9 Å². The fraction of sp³-hybridized carbons (Fsp3) is 0.312. The maximum Gasteiger partial charge on any atom is 0.268 e. The number of hydrogen-bond acceptors (Lipinski definition) is 4. The van der Waals surface area contributed by atoms with E-state index in [9.17, 15) is 4.79 Å². The summed E-state index contributed by atoms with van der Waals surface area (Å²) in [4.78, 5) is 24.7. The van der Waals surface area contributed by atoms with Crippen molar-refractivity contribution in [3.8, 4) is 0 Å². The Morgan fingerprint density at radius 1 is 1.33 bits per heavy atom. The van der Waals surface area contributed by atoms with Gasteiger partial charge >= 0.3 is 0 Å². The summed E-state index contributed by atoms with van der Waals surface area (Å²) in [6, 6.07) is 4.07. The highest BCUT2D eigenvalue weighted by atomic mass is 32.1. The highest BCUT2D eigenvalue weighted by Gasteiger charge is 2.11. The Balaban J connectivity index is 2.06. The number of H-pyrrole nitrogens is 1. The average Bonchev–Trinajstić information content (AvgIpc) is 2.77. The standard InChI is InChI=1S/C16H17N3OS/c1-9(2)5-4-6-11-7-8-12-13-14(21-16(12)19-11)15(20)18-10(3)17-13/h5,7-8H,4,6H2,1-3H3,(H,17,18,20). The van der Waals surface area contributed by atoms with Gasteiger partial charge in [-0.1, -0.05) is 11.6 Å². The molecule has 0 radical (unpaired) electrons. The third kappa shape index (κ3) is 2.74. The molecule has 3 heterocycles. The number of fused-ring (bicyclic) bond motifs is 3. The van der Waals surface area contributed by atoms with Gasteiger partial charge in [-0.25, -0.2) is 9.97 Å². The number of aromatic amines is 1. The number of nitrogens with one attached hydrogen (secondary N) is 1. The van der Waals surface area contributed by atoms with E-state index >= 15 is 0 Å². The first-order chi connectivity index (χ1) is 10.0. The van der Waals surface area contributed by atoms with E-state index in [0.717, 1.165) is 34.3 Å². The third-order valence-corrected chi connectivity index (χ3v) is 4.41. The van der Waals surface area contributed by atoms with Crippen LogP contribution in [0.2, 0.25) is 0 Å². The molecule has 3 aromatic rings. The van der Waals surface area contributed by atoms with E-state index in [-0.39, 0.29) is 5.56 Å². The van der Waals surface area contributed by atoms with Gasteiger partial charge in [0.15, 0.2) is 0 Å². The van der Waals surface area contributed by atoms with Crippen molar-refractivity contribution in [2.24, 2.45) is 0 Å². The number of nitrogens with zero attached hydrogens (tertiary/aromatic N) is 2. The van der Waals surface area contributed by atoms with Crippen molar-refractivity contribution in [3.05, 3.63) is 45.7 Å². The van der Waals surface area contributed by atoms with Gasteiger partial charge in [-0.15, -0.1) is 11.3 Å². The quantitative estimate of drug-likeness (QED) is 0.749. The summed E-state index contributed by atoms with van der Waals surface area (Å²) in [6.45, 7) is 6.00. The Kier molecular flexibility index (Phi) is 3.59. The Bertz CT molecular complexity index is 901. The lowest BCUT2D eigenvalue weighted by Gasteiger charge is -1.98. The minimum Gasteiger partial charge on any atom is -0.310 e. The monoisotopic (exact) mass is 299 g/mol. The summed E-state index contributed by atoms with van der Waals surface area (Å²) in [7, 11) is 0. The average molecular weight is 299 g/mol. The van der Waals surface area contributed by atoms with Crippen molar-refractivity contribution in [2.75, 3.05) is 0 Å². The van der Waals surface area contributed by atoms with Crippen molar-refractivity contribution < 1.29 is 0 Å². The van der Waals surface area contributed by atoms with E-state index in [0.29, 0.717) is 10.5 Å². The summed E-state index contributed by atoms with van der Waals surface area (Å²) in [5.41, 5.74) is 3.06. The molecule has 0 amide bonds. The summed E-state index contributed by atoms with van der Waals surface area (Å²) >= 11 is 1.42. The van der Waals surface area contributed by atoms with Crippen LogP contribution in [0.3, 0.4) is 0 Å². The molecule has 0 atom stereocenters. The lowest BCUT2D eigenvalue weighted by molar-refractivity contribution is 0.948. The molecule has 21 heavy (non-hydrogen) atoms. The van der Waals surface area contributed by atoms with Crippen molar-refractivity contribution in [1.29, 1.82) is 0 Å². The normalized spacial score (nSPS) is 11.2. The minimum absolute atomic E-state index is 0.0772. The van der Waals surface area contributed by atoms with Crippen LogP contribution in [-0.4, -0.2) is 15.0 Å².